The van der Waals surface area contributed by atoms with Crippen LogP contribution >= 0.6 is 0 Å². The summed E-state index contributed by atoms with van der Waals surface area (Å²) in [6.45, 7) is 3.91. The molecule has 0 radical (unpaired) electrons. The van der Waals surface area contributed by atoms with Gasteiger partial charge in [0.1, 0.15) is 11.3 Å². The molecule has 1 saturated heterocycles. The van der Waals surface area contributed by atoms with Crippen molar-refractivity contribution in [2.75, 3.05) is 38.2 Å². The van der Waals surface area contributed by atoms with Crippen LogP contribution in [0.2, 0.25) is 0 Å². The first-order valence-corrected chi connectivity index (χ1v) is 10.1. The molecule has 0 spiro atoms. The van der Waals surface area contributed by atoms with E-state index in [1.165, 1.54) is 4.31 Å². The lowest BCUT2D eigenvalue weighted by molar-refractivity contribution is 0.383. The second-order valence-electron chi connectivity index (χ2n) is 6.43. The second-order valence-corrected chi connectivity index (χ2v) is 8.37. The van der Waals surface area contributed by atoms with E-state index in [2.05, 4.69) is 15.0 Å². The first-order chi connectivity index (χ1) is 13.0. The monoisotopic (exact) mass is 387 g/mol. The number of ether oxygens (including phenoxy) is 1. The number of nitrogens with zero attached hydrogens (tertiary/aromatic N) is 5. The predicted molar refractivity (Wildman–Crippen MR) is 102 cm³/mol. The predicted octanol–water partition coefficient (Wildman–Crippen LogP) is 1.56. The Morgan fingerprint density at radius 1 is 1.07 bits per heavy atom. The van der Waals surface area contributed by atoms with Gasteiger partial charge < -0.3 is 9.64 Å². The average molecular weight is 387 g/mol. The first kappa shape index (κ1) is 17.7. The molecule has 1 aliphatic heterocycles. The number of aryl methyl sites for hydroxylation is 1. The summed E-state index contributed by atoms with van der Waals surface area (Å²) in [4.78, 5) is 6.88. The molecule has 4 rings (SSSR count). The van der Waals surface area contributed by atoms with Crippen LogP contribution in [0.25, 0.3) is 5.52 Å². The summed E-state index contributed by atoms with van der Waals surface area (Å²) in [5, 5.41) is 4.41. The van der Waals surface area contributed by atoms with Crippen LogP contribution in [0.4, 0.5) is 5.82 Å². The molecule has 142 valence electrons. The third-order valence-electron chi connectivity index (χ3n) is 4.73. The van der Waals surface area contributed by atoms with E-state index in [1.807, 2.05) is 19.2 Å². The van der Waals surface area contributed by atoms with Gasteiger partial charge in [0.25, 0.3) is 0 Å². The lowest BCUT2D eigenvalue weighted by Gasteiger charge is -2.34. The van der Waals surface area contributed by atoms with Crippen LogP contribution in [0.3, 0.4) is 0 Å². The third-order valence-corrected chi connectivity index (χ3v) is 6.64. The zero-order valence-electron chi connectivity index (χ0n) is 15.2. The van der Waals surface area contributed by atoms with Crippen LogP contribution in [0.5, 0.6) is 5.75 Å². The normalized spacial score (nSPS) is 16.0. The van der Waals surface area contributed by atoms with Crippen LogP contribution in [0.15, 0.2) is 47.6 Å². The van der Waals surface area contributed by atoms with Crippen molar-refractivity contribution in [2.24, 2.45) is 0 Å². The van der Waals surface area contributed by atoms with Gasteiger partial charge in [0.05, 0.1) is 17.7 Å². The van der Waals surface area contributed by atoms with E-state index >= 15 is 0 Å². The highest BCUT2D eigenvalue weighted by molar-refractivity contribution is 7.89. The highest BCUT2D eigenvalue weighted by atomic mass is 32.2. The fourth-order valence-electron chi connectivity index (χ4n) is 3.31. The maximum Gasteiger partial charge on any atom is 0.243 e. The molecule has 2 aromatic heterocycles. The number of hydrogen-bond donors (Lipinski definition) is 0. The maximum atomic E-state index is 12.9. The minimum Gasteiger partial charge on any atom is -0.497 e. The first-order valence-electron chi connectivity index (χ1n) is 8.69. The summed E-state index contributed by atoms with van der Waals surface area (Å²) >= 11 is 0. The van der Waals surface area contributed by atoms with Crippen LogP contribution in [0.1, 0.15) is 5.69 Å². The number of rotatable bonds is 4. The minimum atomic E-state index is -3.52. The number of anilines is 1. The van der Waals surface area contributed by atoms with E-state index in [-0.39, 0.29) is 4.90 Å². The molecule has 0 bridgehead atoms. The van der Waals surface area contributed by atoms with Gasteiger partial charge in [0, 0.05) is 38.6 Å². The van der Waals surface area contributed by atoms with E-state index in [4.69, 9.17) is 4.74 Å². The van der Waals surface area contributed by atoms with Gasteiger partial charge in [-0.1, -0.05) is 0 Å². The smallest absolute Gasteiger partial charge is 0.243 e. The van der Waals surface area contributed by atoms with Crippen molar-refractivity contribution in [1.82, 2.24) is 18.9 Å². The van der Waals surface area contributed by atoms with Crippen LogP contribution < -0.4 is 9.64 Å². The van der Waals surface area contributed by atoms with E-state index in [1.54, 1.807) is 42.1 Å². The highest BCUT2D eigenvalue weighted by Crippen LogP contribution is 2.24. The number of hydrogen-bond acceptors (Lipinski definition) is 6. The van der Waals surface area contributed by atoms with Crippen molar-refractivity contribution in [3.63, 3.8) is 0 Å². The van der Waals surface area contributed by atoms with E-state index in [0.717, 1.165) is 17.0 Å². The zero-order chi connectivity index (χ0) is 19.0. The van der Waals surface area contributed by atoms with Crippen molar-refractivity contribution < 1.29 is 13.2 Å². The molecular formula is C18H21N5O3S. The van der Waals surface area contributed by atoms with Crippen molar-refractivity contribution >= 4 is 21.4 Å². The molecule has 1 aromatic carbocycles. The molecule has 0 unspecified atom stereocenters. The van der Waals surface area contributed by atoms with Gasteiger partial charge in [0.15, 0.2) is 5.82 Å². The topological polar surface area (TPSA) is 80.0 Å². The van der Waals surface area contributed by atoms with E-state index in [9.17, 15) is 8.42 Å². The fraction of sp³-hybridized carbons (Fsp3) is 0.333. The molecule has 0 N–H and O–H groups in total. The van der Waals surface area contributed by atoms with Crippen LogP contribution in [-0.4, -0.2) is 60.6 Å². The Balaban J connectivity index is 1.52. The van der Waals surface area contributed by atoms with Gasteiger partial charge in [0.2, 0.25) is 10.0 Å². The average Bonchev–Trinajstić information content (AvgIpc) is 3.08. The summed E-state index contributed by atoms with van der Waals surface area (Å²) in [6, 6.07) is 8.48. The number of piperazine rings is 1. The van der Waals surface area contributed by atoms with Crippen molar-refractivity contribution in [1.29, 1.82) is 0 Å². The van der Waals surface area contributed by atoms with Crippen molar-refractivity contribution in [3.05, 3.63) is 48.4 Å². The molecule has 0 amide bonds. The van der Waals surface area contributed by atoms with Gasteiger partial charge in [-0.15, -0.1) is 0 Å². The molecule has 9 heteroatoms. The number of methoxy groups -OCH3 is 1. The number of aromatic nitrogens is 3. The van der Waals surface area contributed by atoms with Crippen molar-refractivity contribution in [2.45, 2.75) is 11.8 Å². The number of sulfonamides is 1. The third kappa shape index (κ3) is 3.24. The Labute approximate surface area is 158 Å². The zero-order valence-corrected chi connectivity index (χ0v) is 16.1. The Bertz CT molecular complexity index is 1050. The van der Waals surface area contributed by atoms with Crippen LogP contribution in [0, 0.1) is 6.92 Å². The van der Waals surface area contributed by atoms with Gasteiger partial charge in [-0.3, -0.25) is 0 Å². The number of fused-ring (bicyclic) bond motifs is 1. The fourth-order valence-corrected chi connectivity index (χ4v) is 4.73. The molecule has 0 saturated carbocycles. The molecular weight excluding hydrogens is 366 g/mol. The molecule has 0 aliphatic carbocycles. The largest absolute Gasteiger partial charge is 0.497 e. The highest BCUT2D eigenvalue weighted by Gasteiger charge is 2.29. The van der Waals surface area contributed by atoms with Gasteiger partial charge in [-0.25, -0.2) is 17.9 Å². The SMILES string of the molecule is COc1ccc(S(=O)(=O)N2CCN(c3nccn4nc(C)cc34)CC2)cc1. The summed E-state index contributed by atoms with van der Waals surface area (Å²) in [6.07, 6.45) is 3.53. The molecule has 27 heavy (non-hydrogen) atoms. The van der Waals surface area contributed by atoms with Gasteiger partial charge in [-0.05, 0) is 37.3 Å². The Hall–Kier alpha value is -2.65. The molecule has 8 nitrogen and oxygen atoms in total. The van der Waals surface area contributed by atoms with E-state index in [0.29, 0.717) is 31.9 Å². The standard InChI is InChI=1S/C18H21N5O3S/c1-14-13-17-18(19-7-8-23(17)20-14)21-9-11-22(12-10-21)27(24,25)16-5-3-15(26-2)4-6-16/h3-8,13H,9-12H2,1-2H3. The lowest BCUT2D eigenvalue weighted by atomic mass is 10.3. The molecule has 0 atom stereocenters. The minimum absolute atomic E-state index is 0.281. The Kier molecular flexibility index (Phi) is 4.48. The summed E-state index contributed by atoms with van der Waals surface area (Å²) in [5.74, 6) is 1.47. The van der Waals surface area contributed by atoms with Crippen LogP contribution in [-0.2, 0) is 10.0 Å². The molecule has 1 aliphatic rings. The maximum absolute atomic E-state index is 12.9. The van der Waals surface area contributed by atoms with E-state index < -0.39 is 10.0 Å². The van der Waals surface area contributed by atoms with Gasteiger partial charge in [-0.2, -0.15) is 9.40 Å². The van der Waals surface area contributed by atoms with Crippen molar-refractivity contribution in [3.8, 4) is 5.75 Å². The second kappa shape index (κ2) is 6.82. The summed E-state index contributed by atoms with van der Waals surface area (Å²) < 4.78 is 34.2. The lowest BCUT2D eigenvalue weighted by Crippen LogP contribution is -2.49. The number of benzene rings is 1. The molecule has 3 heterocycles. The Morgan fingerprint density at radius 3 is 2.44 bits per heavy atom. The summed E-state index contributed by atoms with van der Waals surface area (Å²) in [7, 11) is -1.96. The summed E-state index contributed by atoms with van der Waals surface area (Å²) in [5.41, 5.74) is 1.85. The molecule has 1 fully saturated rings. The Morgan fingerprint density at radius 2 is 1.78 bits per heavy atom. The van der Waals surface area contributed by atoms with Gasteiger partial charge >= 0.3 is 0 Å². The molecule has 3 aromatic rings. The quantitative estimate of drug-likeness (QED) is 0.676.